The predicted octanol–water partition coefficient (Wildman–Crippen LogP) is 3.50. The third-order valence-corrected chi connectivity index (χ3v) is 3.73. The van der Waals surface area contributed by atoms with E-state index in [1.807, 2.05) is 13.0 Å². The van der Waals surface area contributed by atoms with Crippen LogP contribution in [-0.2, 0) is 13.1 Å². The van der Waals surface area contributed by atoms with Crippen molar-refractivity contribution in [2.45, 2.75) is 52.3 Å². The molecule has 1 aromatic rings. The minimum Gasteiger partial charge on any atom is -0.389 e. The zero-order chi connectivity index (χ0) is 13.7. The number of benzene rings is 1. The lowest BCUT2D eigenvalue weighted by Gasteiger charge is -2.14. The number of aliphatic hydroxyl groups excluding tert-OH is 1. The van der Waals surface area contributed by atoms with E-state index < -0.39 is 0 Å². The van der Waals surface area contributed by atoms with Crippen LogP contribution in [0.1, 0.15) is 44.2 Å². The van der Waals surface area contributed by atoms with Crippen molar-refractivity contribution >= 4 is 0 Å². The molecular weight excluding hydrogens is 234 g/mol. The second-order valence-electron chi connectivity index (χ2n) is 5.69. The van der Waals surface area contributed by atoms with Crippen molar-refractivity contribution in [3.63, 3.8) is 0 Å². The number of fused-ring (bicyclic) bond motifs is 1. The van der Waals surface area contributed by atoms with Crippen molar-refractivity contribution < 1.29 is 5.11 Å². The fourth-order valence-corrected chi connectivity index (χ4v) is 2.80. The minimum atomic E-state index is -0.312. The van der Waals surface area contributed by atoms with Crippen molar-refractivity contribution in [2.24, 2.45) is 0 Å². The van der Waals surface area contributed by atoms with Gasteiger partial charge >= 0.3 is 0 Å². The molecule has 0 aliphatic carbocycles. The molecule has 104 valence electrons. The Hall–Kier alpha value is -1.12. The lowest BCUT2D eigenvalue weighted by atomic mass is 10.1. The van der Waals surface area contributed by atoms with Gasteiger partial charge < -0.3 is 5.11 Å². The topological polar surface area (TPSA) is 23.5 Å². The molecule has 2 heteroatoms. The van der Waals surface area contributed by atoms with Gasteiger partial charge in [0, 0.05) is 13.1 Å². The van der Waals surface area contributed by atoms with Gasteiger partial charge in [-0.05, 0) is 50.8 Å². The molecule has 0 fully saturated rings. The van der Waals surface area contributed by atoms with Crippen LogP contribution in [0.4, 0.5) is 0 Å². The summed E-state index contributed by atoms with van der Waals surface area (Å²) in [6.07, 6.45) is 5.19. The fourth-order valence-electron chi connectivity index (χ4n) is 2.80. The summed E-state index contributed by atoms with van der Waals surface area (Å²) in [5.74, 6) is 0. The van der Waals surface area contributed by atoms with E-state index in [1.54, 1.807) is 0 Å². The van der Waals surface area contributed by atoms with Crippen molar-refractivity contribution in [3.8, 4) is 0 Å². The molecule has 1 heterocycles. The third-order valence-electron chi connectivity index (χ3n) is 3.73. The number of allylic oxidation sites excluding steroid dienone is 1. The molecule has 0 amide bonds. The van der Waals surface area contributed by atoms with Crippen LogP contribution in [0, 0.1) is 0 Å². The molecular formula is C17H25NO. The maximum Gasteiger partial charge on any atom is 0.0695 e. The Morgan fingerprint density at radius 3 is 2.47 bits per heavy atom. The predicted molar refractivity (Wildman–Crippen MR) is 79.8 cm³/mol. The number of aliphatic hydroxyl groups is 1. The Kier molecular flexibility index (Phi) is 5.17. The number of rotatable bonds is 6. The van der Waals surface area contributed by atoms with Crippen molar-refractivity contribution in [1.82, 2.24) is 4.90 Å². The first-order valence-electron chi connectivity index (χ1n) is 7.29. The highest BCUT2D eigenvalue weighted by atomic mass is 16.3. The summed E-state index contributed by atoms with van der Waals surface area (Å²) in [4.78, 5) is 2.53. The molecule has 1 N–H and O–H groups in total. The lowest BCUT2D eigenvalue weighted by Crippen LogP contribution is -2.17. The Balaban J connectivity index is 1.66. The van der Waals surface area contributed by atoms with Gasteiger partial charge in [0.1, 0.15) is 0 Å². The quantitative estimate of drug-likeness (QED) is 0.624. The maximum atomic E-state index is 9.27. The molecule has 0 aromatic heterocycles. The molecule has 19 heavy (non-hydrogen) atoms. The first-order valence-corrected chi connectivity index (χ1v) is 7.29. The molecule has 0 saturated carbocycles. The molecule has 1 aliphatic heterocycles. The smallest absolute Gasteiger partial charge is 0.0695 e. The Morgan fingerprint density at radius 2 is 1.89 bits per heavy atom. The molecule has 2 nitrogen and oxygen atoms in total. The van der Waals surface area contributed by atoms with Crippen LogP contribution in [0.25, 0.3) is 0 Å². The molecule has 1 aromatic carbocycles. The third kappa shape index (κ3) is 4.48. The lowest BCUT2D eigenvalue weighted by molar-refractivity contribution is 0.242. The highest BCUT2D eigenvalue weighted by Gasteiger charge is 2.16. The summed E-state index contributed by atoms with van der Waals surface area (Å²) in [5.41, 5.74) is 4.29. The van der Waals surface area contributed by atoms with Gasteiger partial charge in [-0.25, -0.2) is 0 Å². The van der Waals surface area contributed by atoms with Crippen molar-refractivity contribution in [3.05, 3.63) is 47.0 Å². The molecule has 0 bridgehead atoms. The van der Waals surface area contributed by atoms with Gasteiger partial charge in [-0.3, -0.25) is 4.90 Å². The van der Waals surface area contributed by atoms with Crippen LogP contribution in [0.3, 0.4) is 0 Å². The molecule has 0 spiro atoms. The monoisotopic (exact) mass is 259 g/mol. The summed E-state index contributed by atoms with van der Waals surface area (Å²) in [7, 11) is 0. The SMILES string of the molecule is CC(=CC(C)O)CCCCN1Cc2ccccc2C1. The normalized spacial score (nSPS) is 17.5. The number of hydrogen-bond donors (Lipinski definition) is 1. The van der Waals surface area contributed by atoms with Gasteiger partial charge in [-0.2, -0.15) is 0 Å². The summed E-state index contributed by atoms with van der Waals surface area (Å²) < 4.78 is 0. The Bertz CT molecular complexity index is 412. The van der Waals surface area contributed by atoms with E-state index in [0.717, 1.165) is 19.5 Å². The van der Waals surface area contributed by atoms with E-state index in [-0.39, 0.29) is 6.10 Å². The Labute approximate surface area is 116 Å². The number of unbranched alkanes of at least 4 members (excludes halogenated alkanes) is 1. The first-order chi connectivity index (χ1) is 9.15. The average Bonchev–Trinajstić information content (AvgIpc) is 2.76. The molecule has 1 unspecified atom stereocenters. The van der Waals surface area contributed by atoms with Gasteiger partial charge in [0.2, 0.25) is 0 Å². The van der Waals surface area contributed by atoms with Crippen LogP contribution in [0.15, 0.2) is 35.9 Å². The maximum absolute atomic E-state index is 9.27. The van der Waals surface area contributed by atoms with Gasteiger partial charge in [0.15, 0.2) is 0 Å². The number of hydrogen-bond acceptors (Lipinski definition) is 2. The molecule has 0 saturated heterocycles. The van der Waals surface area contributed by atoms with E-state index >= 15 is 0 Å². The van der Waals surface area contributed by atoms with E-state index in [0.29, 0.717) is 0 Å². The Morgan fingerprint density at radius 1 is 1.26 bits per heavy atom. The van der Waals surface area contributed by atoms with Gasteiger partial charge in [-0.1, -0.05) is 35.9 Å². The molecule has 2 rings (SSSR count). The summed E-state index contributed by atoms with van der Waals surface area (Å²) >= 11 is 0. The fraction of sp³-hybridized carbons (Fsp3) is 0.529. The van der Waals surface area contributed by atoms with Gasteiger partial charge in [-0.15, -0.1) is 0 Å². The van der Waals surface area contributed by atoms with Crippen LogP contribution in [-0.4, -0.2) is 22.7 Å². The highest BCUT2D eigenvalue weighted by molar-refractivity contribution is 5.30. The summed E-state index contributed by atoms with van der Waals surface area (Å²) in [5, 5.41) is 9.27. The average molecular weight is 259 g/mol. The van der Waals surface area contributed by atoms with Crippen LogP contribution < -0.4 is 0 Å². The summed E-state index contributed by atoms with van der Waals surface area (Å²) in [6.45, 7) is 7.32. The van der Waals surface area contributed by atoms with E-state index in [4.69, 9.17) is 0 Å². The zero-order valence-electron chi connectivity index (χ0n) is 12.1. The molecule has 1 aliphatic rings. The van der Waals surface area contributed by atoms with Gasteiger partial charge in [0.05, 0.1) is 6.10 Å². The van der Waals surface area contributed by atoms with E-state index in [2.05, 4.69) is 36.1 Å². The summed E-state index contributed by atoms with van der Waals surface area (Å²) in [6, 6.07) is 8.74. The van der Waals surface area contributed by atoms with Crippen LogP contribution in [0.5, 0.6) is 0 Å². The zero-order valence-corrected chi connectivity index (χ0v) is 12.1. The standard InChI is InChI=1S/C17H25NO/c1-14(11-15(2)19)7-5-6-10-18-12-16-8-3-4-9-17(16)13-18/h3-4,8-9,11,15,19H,5-7,10,12-13H2,1-2H3. The van der Waals surface area contributed by atoms with Crippen LogP contribution in [0.2, 0.25) is 0 Å². The molecule has 0 radical (unpaired) electrons. The minimum absolute atomic E-state index is 0.312. The number of nitrogens with zero attached hydrogens (tertiary/aromatic N) is 1. The highest BCUT2D eigenvalue weighted by Crippen LogP contribution is 2.22. The second kappa shape index (κ2) is 6.88. The first kappa shape index (κ1) is 14.3. The largest absolute Gasteiger partial charge is 0.389 e. The van der Waals surface area contributed by atoms with Crippen LogP contribution >= 0.6 is 0 Å². The van der Waals surface area contributed by atoms with E-state index in [1.165, 1.54) is 36.1 Å². The van der Waals surface area contributed by atoms with E-state index in [9.17, 15) is 5.11 Å². The molecule has 1 atom stereocenters. The van der Waals surface area contributed by atoms with Crippen molar-refractivity contribution in [1.29, 1.82) is 0 Å². The van der Waals surface area contributed by atoms with Crippen molar-refractivity contribution in [2.75, 3.05) is 6.54 Å². The second-order valence-corrected chi connectivity index (χ2v) is 5.69. The van der Waals surface area contributed by atoms with Gasteiger partial charge in [0.25, 0.3) is 0 Å².